The van der Waals surface area contributed by atoms with Crippen LogP contribution in [0.25, 0.3) is 0 Å². The molecule has 2 aromatic rings. The molecule has 0 saturated carbocycles. The first-order valence-electron chi connectivity index (χ1n) is 7.42. The van der Waals surface area contributed by atoms with Crippen molar-refractivity contribution in [2.45, 2.75) is 25.9 Å². The van der Waals surface area contributed by atoms with Crippen LogP contribution < -0.4 is 10.1 Å². The van der Waals surface area contributed by atoms with E-state index < -0.39 is 11.6 Å². The lowest BCUT2D eigenvalue weighted by molar-refractivity contribution is 0.312. The van der Waals surface area contributed by atoms with Gasteiger partial charge in [0.05, 0.1) is 12.7 Å². The maximum Gasteiger partial charge on any atom is 0.127 e. The molecule has 0 aliphatic rings. The standard InChI is InChI=1S/C18H18F2N2O/c19-16-6-7-18(20)15(11-16)13-22-12-14-4-3-5-17(10-14)23-9-2-1-8-21/h3-7,10-11,22H,1-2,9,12-13H2. The number of halogens is 2. The van der Waals surface area contributed by atoms with E-state index in [0.29, 0.717) is 31.6 Å². The fourth-order valence-corrected chi connectivity index (χ4v) is 2.11. The van der Waals surface area contributed by atoms with Crippen molar-refractivity contribution >= 4 is 0 Å². The topological polar surface area (TPSA) is 45.0 Å². The van der Waals surface area contributed by atoms with Crippen molar-refractivity contribution in [1.29, 1.82) is 5.26 Å². The predicted octanol–water partition coefficient (Wildman–Crippen LogP) is 3.94. The first-order chi connectivity index (χ1) is 11.2. The van der Waals surface area contributed by atoms with Gasteiger partial charge in [-0.1, -0.05) is 12.1 Å². The lowest BCUT2D eigenvalue weighted by Crippen LogP contribution is -2.14. The van der Waals surface area contributed by atoms with Gasteiger partial charge in [0.25, 0.3) is 0 Å². The van der Waals surface area contributed by atoms with Crippen LogP contribution in [0.3, 0.4) is 0 Å². The van der Waals surface area contributed by atoms with E-state index in [2.05, 4.69) is 11.4 Å². The predicted molar refractivity (Wildman–Crippen MR) is 83.7 cm³/mol. The number of nitriles is 1. The Morgan fingerprint density at radius 2 is 1.96 bits per heavy atom. The van der Waals surface area contributed by atoms with Crippen molar-refractivity contribution in [3.05, 3.63) is 65.2 Å². The Hall–Kier alpha value is -2.45. The van der Waals surface area contributed by atoms with Gasteiger partial charge in [0.2, 0.25) is 0 Å². The van der Waals surface area contributed by atoms with Gasteiger partial charge in [0, 0.05) is 25.1 Å². The molecular weight excluding hydrogens is 298 g/mol. The third-order valence-corrected chi connectivity index (χ3v) is 3.25. The lowest BCUT2D eigenvalue weighted by Gasteiger charge is -2.09. The third-order valence-electron chi connectivity index (χ3n) is 3.25. The zero-order valence-corrected chi connectivity index (χ0v) is 12.7. The van der Waals surface area contributed by atoms with Crippen molar-refractivity contribution in [1.82, 2.24) is 5.32 Å². The summed E-state index contributed by atoms with van der Waals surface area (Å²) >= 11 is 0. The first-order valence-corrected chi connectivity index (χ1v) is 7.42. The Morgan fingerprint density at radius 1 is 1.09 bits per heavy atom. The first kappa shape index (κ1) is 16.9. The quantitative estimate of drug-likeness (QED) is 0.750. The normalized spacial score (nSPS) is 10.3. The fraction of sp³-hybridized carbons (Fsp3) is 0.278. The second-order valence-corrected chi connectivity index (χ2v) is 5.10. The highest BCUT2D eigenvalue weighted by molar-refractivity contribution is 5.28. The van der Waals surface area contributed by atoms with Gasteiger partial charge in [-0.05, 0) is 42.3 Å². The average Bonchev–Trinajstić information content (AvgIpc) is 2.55. The zero-order valence-electron chi connectivity index (χ0n) is 12.7. The molecule has 5 heteroatoms. The van der Waals surface area contributed by atoms with E-state index >= 15 is 0 Å². The molecule has 0 spiro atoms. The summed E-state index contributed by atoms with van der Waals surface area (Å²) in [5.41, 5.74) is 1.29. The molecule has 23 heavy (non-hydrogen) atoms. The van der Waals surface area contributed by atoms with E-state index in [1.807, 2.05) is 24.3 Å². The van der Waals surface area contributed by atoms with Crippen molar-refractivity contribution in [3.8, 4) is 11.8 Å². The molecule has 0 aliphatic carbocycles. The summed E-state index contributed by atoms with van der Waals surface area (Å²) in [6.45, 7) is 1.27. The molecule has 2 aromatic carbocycles. The summed E-state index contributed by atoms with van der Waals surface area (Å²) < 4.78 is 32.2. The molecule has 0 heterocycles. The third kappa shape index (κ3) is 5.68. The van der Waals surface area contributed by atoms with Gasteiger partial charge in [0.1, 0.15) is 17.4 Å². The van der Waals surface area contributed by atoms with E-state index in [0.717, 1.165) is 23.4 Å². The minimum Gasteiger partial charge on any atom is -0.494 e. The summed E-state index contributed by atoms with van der Waals surface area (Å²) in [6.07, 6.45) is 1.16. The highest BCUT2D eigenvalue weighted by Gasteiger charge is 2.04. The van der Waals surface area contributed by atoms with Gasteiger partial charge >= 0.3 is 0 Å². The molecular formula is C18H18F2N2O. The summed E-state index contributed by atoms with van der Waals surface area (Å²) in [4.78, 5) is 0. The van der Waals surface area contributed by atoms with Crippen molar-refractivity contribution in [2.24, 2.45) is 0 Å². The van der Waals surface area contributed by atoms with Crippen LogP contribution in [0.15, 0.2) is 42.5 Å². The van der Waals surface area contributed by atoms with Crippen molar-refractivity contribution in [2.75, 3.05) is 6.61 Å². The summed E-state index contributed by atoms with van der Waals surface area (Å²) in [5, 5.41) is 11.6. The monoisotopic (exact) mass is 316 g/mol. The minimum atomic E-state index is -0.448. The molecule has 3 nitrogen and oxygen atoms in total. The van der Waals surface area contributed by atoms with Crippen LogP contribution in [0, 0.1) is 23.0 Å². The van der Waals surface area contributed by atoms with Crippen LogP contribution in [0.5, 0.6) is 5.75 Å². The largest absolute Gasteiger partial charge is 0.494 e. The van der Waals surface area contributed by atoms with Crippen molar-refractivity contribution in [3.63, 3.8) is 0 Å². The second kappa shape index (κ2) is 8.86. The highest BCUT2D eigenvalue weighted by Crippen LogP contribution is 2.14. The number of benzene rings is 2. The van der Waals surface area contributed by atoms with Crippen LogP contribution in [-0.4, -0.2) is 6.61 Å². The maximum absolute atomic E-state index is 13.5. The van der Waals surface area contributed by atoms with Crippen LogP contribution in [0.4, 0.5) is 8.78 Å². The van der Waals surface area contributed by atoms with Gasteiger partial charge in [0.15, 0.2) is 0 Å². The van der Waals surface area contributed by atoms with E-state index in [-0.39, 0.29) is 6.54 Å². The Bertz CT molecular complexity index is 683. The van der Waals surface area contributed by atoms with Gasteiger partial charge in [-0.15, -0.1) is 0 Å². The Kier molecular flexibility index (Phi) is 6.52. The molecule has 0 radical (unpaired) electrons. The molecule has 0 atom stereocenters. The highest BCUT2D eigenvalue weighted by atomic mass is 19.1. The van der Waals surface area contributed by atoms with Crippen LogP contribution >= 0.6 is 0 Å². The molecule has 0 bridgehead atoms. The van der Waals surface area contributed by atoms with Gasteiger partial charge in [-0.3, -0.25) is 0 Å². The van der Waals surface area contributed by atoms with Gasteiger partial charge in [-0.2, -0.15) is 5.26 Å². The molecule has 0 fully saturated rings. The van der Waals surface area contributed by atoms with Gasteiger partial charge in [-0.25, -0.2) is 8.78 Å². The molecule has 0 saturated heterocycles. The molecule has 0 unspecified atom stereocenters. The molecule has 1 N–H and O–H groups in total. The maximum atomic E-state index is 13.5. The Morgan fingerprint density at radius 3 is 2.78 bits per heavy atom. The zero-order chi connectivity index (χ0) is 16.5. The lowest BCUT2D eigenvalue weighted by atomic mass is 10.2. The number of ether oxygens (including phenoxy) is 1. The molecule has 0 aromatic heterocycles. The Balaban J connectivity index is 1.83. The summed E-state index contributed by atoms with van der Waals surface area (Å²) in [6, 6.07) is 13.0. The Labute approximate surface area is 134 Å². The molecule has 2 rings (SSSR count). The number of nitrogens with zero attached hydrogens (tertiary/aromatic N) is 1. The van der Waals surface area contributed by atoms with E-state index in [4.69, 9.17) is 10.00 Å². The summed E-state index contributed by atoms with van der Waals surface area (Å²) in [7, 11) is 0. The molecule has 0 amide bonds. The number of rotatable bonds is 8. The van der Waals surface area contributed by atoms with Crippen LogP contribution in [-0.2, 0) is 13.1 Å². The molecule has 120 valence electrons. The smallest absolute Gasteiger partial charge is 0.127 e. The fourth-order valence-electron chi connectivity index (χ4n) is 2.11. The number of hydrogen-bond donors (Lipinski definition) is 1. The van der Waals surface area contributed by atoms with Gasteiger partial charge < -0.3 is 10.1 Å². The SMILES string of the molecule is N#CCCCOc1cccc(CNCc2cc(F)ccc2F)c1. The van der Waals surface area contributed by atoms with Crippen LogP contribution in [0.2, 0.25) is 0 Å². The molecule has 0 aliphatic heterocycles. The second-order valence-electron chi connectivity index (χ2n) is 5.10. The van der Waals surface area contributed by atoms with Crippen LogP contribution in [0.1, 0.15) is 24.0 Å². The van der Waals surface area contributed by atoms with E-state index in [1.54, 1.807) is 0 Å². The summed E-state index contributed by atoms with van der Waals surface area (Å²) in [5.74, 6) is -0.136. The van der Waals surface area contributed by atoms with Crippen molar-refractivity contribution < 1.29 is 13.5 Å². The number of hydrogen-bond acceptors (Lipinski definition) is 3. The average molecular weight is 316 g/mol. The number of unbranched alkanes of at least 4 members (excludes halogenated alkanes) is 1. The number of nitrogens with one attached hydrogen (secondary N) is 1. The minimum absolute atomic E-state index is 0.247. The van der Waals surface area contributed by atoms with E-state index in [9.17, 15) is 8.78 Å². The van der Waals surface area contributed by atoms with E-state index in [1.165, 1.54) is 6.07 Å².